The molecule has 1 heterocycles. The molecule has 0 saturated heterocycles. The molecule has 0 aliphatic rings. The summed E-state index contributed by atoms with van der Waals surface area (Å²) in [7, 11) is -3.72. The summed E-state index contributed by atoms with van der Waals surface area (Å²) in [6.07, 6.45) is 0.887. The van der Waals surface area contributed by atoms with E-state index in [4.69, 9.17) is 16.3 Å². The highest BCUT2D eigenvalue weighted by Crippen LogP contribution is 2.23. The fraction of sp³-hybridized carbons (Fsp3) is 0.200. The first-order valence-corrected chi connectivity index (χ1v) is 10.9. The standard InChI is InChI=1S/C20H21ClN4O3S/c1-3-11-28-20-13-19(22-14(2)23-20)24-16-7-9-17(10-8-16)25-29(26,27)18-6-4-5-15(21)12-18/h4-10,12-13,25H,3,11H2,1-2H3,(H,22,23,24). The lowest BCUT2D eigenvalue weighted by atomic mass is 10.3. The monoisotopic (exact) mass is 432 g/mol. The second-order valence-corrected chi connectivity index (χ2v) is 8.37. The molecule has 1 aromatic heterocycles. The van der Waals surface area contributed by atoms with Crippen molar-refractivity contribution in [2.75, 3.05) is 16.6 Å². The quantitative estimate of drug-likeness (QED) is 0.532. The summed E-state index contributed by atoms with van der Waals surface area (Å²) in [6.45, 7) is 4.39. The van der Waals surface area contributed by atoms with Crippen molar-refractivity contribution in [3.8, 4) is 5.88 Å². The topological polar surface area (TPSA) is 93.2 Å². The molecule has 0 fully saturated rings. The molecule has 152 valence electrons. The van der Waals surface area contributed by atoms with Crippen molar-refractivity contribution in [3.63, 3.8) is 0 Å². The van der Waals surface area contributed by atoms with E-state index in [2.05, 4.69) is 20.0 Å². The summed E-state index contributed by atoms with van der Waals surface area (Å²) < 4.78 is 33.0. The summed E-state index contributed by atoms with van der Waals surface area (Å²) >= 11 is 5.88. The second kappa shape index (κ2) is 9.11. The highest BCUT2D eigenvalue weighted by Gasteiger charge is 2.14. The van der Waals surface area contributed by atoms with E-state index >= 15 is 0 Å². The molecule has 0 spiro atoms. The van der Waals surface area contributed by atoms with Crippen LogP contribution in [0, 0.1) is 6.92 Å². The molecule has 3 aromatic rings. The lowest BCUT2D eigenvalue weighted by Gasteiger charge is -2.11. The molecule has 0 atom stereocenters. The van der Waals surface area contributed by atoms with E-state index in [-0.39, 0.29) is 4.90 Å². The predicted octanol–water partition coefficient (Wildman–Crippen LogP) is 4.77. The maximum absolute atomic E-state index is 12.5. The van der Waals surface area contributed by atoms with E-state index in [1.54, 1.807) is 49.4 Å². The molecular formula is C20H21ClN4O3S. The van der Waals surface area contributed by atoms with E-state index in [9.17, 15) is 8.42 Å². The third kappa shape index (κ3) is 5.82. The smallest absolute Gasteiger partial charge is 0.261 e. The lowest BCUT2D eigenvalue weighted by Crippen LogP contribution is -2.12. The fourth-order valence-electron chi connectivity index (χ4n) is 2.50. The van der Waals surface area contributed by atoms with Gasteiger partial charge in [0, 0.05) is 22.5 Å². The third-order valence-corrected chi connectivity index (χ3v) is 5.40. The Kier molecular flexibility index (Phi) is 6.56. The first-order chi connectivity index (χ1) is 13.9. The number of halogens is 1. The van der Waals surface area contributed by atoms with Crippen molar-refractivity contribution in [2.45, 2.75) is 25.2 Å². The molecule has 7 nitrogen and oxygen atoms in total. The fourth-order valence-corrected chi connectivity index (χ4v) is 3.86. The molecule has 0 unspecified atom stereocenters. The largest absolute Gasteiger partial charge is 0.478 e. The molecule has 0 radical (unpaired) electrons. The van der Waals surface area contributed by atoms with Gasteiger partial charge in [0.15, 0.2) is 0 Å². The van der Waals surface area contributed by atoms with Gasteiger partial charge in [0.05, 0.1) is 11.5 Å². The normalized spacial score (nSPS) is 11.1. The highest BCUT2D eigenvalue weighted by atomic mass is 35.5. The van der Waals surface area contributed by atoms with Gasteiger partial charge in [0.2, 0.25) is 5.88 Å². The third-order valence-electron chi connectivity index (χ3n) is 3.78. The number of sulfonamides is 1. The number of benzene rings is 2. The molecule has 0 aliphatic heterocycles. The van der Waals surface area contributed by atoms with Crippen LogP contribution in [0.3, 0.4) is 0 Å². The van der Waals surface area contributed by atoms with E-state index in [1.165, 1.54) is 12.1 Å². The second-order valence-electron chi connectivity index (χ2n) is 6.25. The predicted molar refractivity (Wildman–Crippen MR) is 115 cm³/mol. The summed E-state index contributed by atoms with van der Waals surface area (Å²) in [6, 6.07) is 14.6. The number of anilines is 3. The number of ether oxygens (including phenoxy) is 1. The van der Waals surface area contributed by atoms with Crippen molar-refractivity contribution in [1.29, 1.82) is 0 Å². The van der Waals surface area contributed by atoms with Crippen LogP contribution in [0.2, 0.25) is 5.02 Å². The van der Waals surface area contributed by atoms with Crippen molar-refractivity contribution in [3.05, 3.63) is 65.4 Å². The van der Waals surface area contributed by atoms with Gasteiger partial charge in [-0.05, 0) is 55.8 Å². The average Bonchev–Trinajstić information content (AvgIpc) is 2.67. The number of aryl methyl sites for hydroxylation is 1. The Hall–Kier alpha value is -2.84. The van der Waals surface area contributed by atoms with Gasteiger partial charge < -0.3 is 10.1 Å². The first kappa shape index (κ1) is 20.9. The minimum atomic E-state index is -3.72. The number of nitrogens with one attached hydrogen (secondary N) is 2. The average molecular weight is 433 g/mol. The van der Waals surface area contributed by atoms with Crippen LogP contribution >= 0.6 is 11.6 Å². The van der Waals surface area contributed by atoms with Crippen molar-refractivity contribution >= 4 is 38.8 Å². The van der Waals surface area contributed by atoms with Crippen LogP contribution in [-0.4, -0.2) is 25.0 Å². The molecule has 0 amide bonds. The Morgan fingerprint density at radius 1 is 1.03 bits per heavy atom. The molecular weight excluding hydrogens is 412 g/mol. The van der Waals surface area contributed by atoms with Crippen molar-refractivity contribution < 1.29 is 13.2 Å². The molecule has 0 saturated carbocycles. The Morgan fingerprint density at radius 2 is 1.76 bits per heavy atom. The first-order valence-electron chi connectivity index (χ1n) is 8.99. The number of nitrogens with zero attached hydrogens (tertiary/aromatic N) is 2. The van der Waals surface area contributed by atoms with Gasteiger partial charge in [0.25, 0.3) is 10.0 Å². The minimum Gasteiger partial charge on any atom is -0.478 e. The zero-order valence-electron chi connectivity index (χ0n) is 16.0. The van der Waals surface area contributed by atoms with Gasteiger partial charge in [-0.15, -0.1) is 0 Å². The molecule has 2 aromatic carbocycles. The molecule has 2 N–H and O–H groups in total. The van der Waals surface area contributed by atoms with Crippen LogP contribution in [-0.2, 0) is 10.0 Å². The molecule has 9 heteroatoms. The summed E-state index contributed by atoms with van der Waals surface area (Å²) in [5, 5.41) is 3.52. The van der Waals surface area contributed by atoms with Gasteiger partial charge in [0.1, 0.15) is 11.6 Å². The number of hydrogen-bond acceptors (Lipinski definition) is 6. The molecule has 3 rings (SSSR count). The van der Waals surface area contributed by atoms with Gasteiger partial charge in [-0.25, -0.2) is 13.4 Å². The van der Waals surface area contributed by atoms with Gasteiger partial charge in [-0.2, -0.15) is 4.98 Å². The Labute approximate surface area is 175 Å². The maximum Gasteiger partial charge on any atom is 0.261 e. The Bertz CT molecular complexity index is 1090. The van der Waals surface area contributed by atoms with Crippen molar-refractivity contribution in [1.82, 2.24) is 9.97 Å². The van der Waals surface area contributed by atoms with Crippen molar-refractivity contribution in [2.24, 2.45) is 0 Å². The summed E-state index contributed by atoms with van der Waals surface area (Å²) in [5.74, 6) is 1.69. The number of aromatic nitrogens is 2. The van der Waals surface area contributed by atoms with E-state index in [0.29, 0.717) is 34.8 Å². The van der Waals surface area contributed by atoms with Crippen LogP contribution in [0.1, 0.15) is 19.2 Å². The van der Waals surface area contributed by atoms with Crippen LogP contribution in [0.4, 0.5) is 17.2 Å². The summed E-state index contributed by atoms with van der Waals surface area (Å²) in [4.78, 5) is 8.68. The van der Waals surface area contributed by atoms with E-state index < -0.39 is 10.0 Å². The van der Waals surface area contributed by atoms with Crippen LogP contribution in [0.25, 0.3) is 0 Å². The Balaban J connectivity index is 1.71. The lowest BCUT2D eigenvalue weighted by molar-refractivity contribution is 0.304. The minimum absolute atomic E-state index is 0.100. The van der Waals surface area contributed by atoms with Gasteiger partial charge >= 0.3 is 0 Å². The Morgan fingerprint density at radius 3 is 2.45 bits per heavy atom. The molecule has 29 heavy (non-hydrogen) atoms. The van der Waals surface area contributed by atoms with E-state index in [0.717, 1.165) is 12.1 Å². The SMILES string of the molecule is CCCOc1cc(Nc2ccc(NS(=O)(=O)c3cccc(Cl)c3)cc2)nc(C)n1. The summed E-state index contributed by atoms with van der Waals surface area (Å²) in [5.41, 5.74) is 1.18. The van der Waals surface area contributed by atoms with Crippen LogP contribution in [0.15, 0.2) is 59.5 Å². The van der Waals surface area contributed by atoms with Crippen LogP contribution < -0.4 is 14.8 Å². The zero-order valence-corrected chi connectivity index (χ0v) is 17.6. The zero-order chi connectivity index (χ0) is 20.9. The maximum atomic E-state index is 12.5. The number of rotatable bonds is 8. The molecule has 0 bridgehead atoms. The highest BCUT2D eigenvalue weighted by molar-refractivity contribution is 7.92. The molecule has 0 aliphatic carbocycles. The van der Waals surface area contributed by atoms with Gasteiger partial charge in [-0.1, -0.05) is 24.6 Å². The van der Waals surface area contributed by atoms with Gasteiger partial charge in [-0.3, -0.25) is 4.72 Å². The number of hydrogen-bond donors (Lipinski definition) is 2. The van der Waals surface area contributed by atoms with Crippen LogP contribution in [0.5, 0.6) is 5.88 Å². The van der Waals surface area contributed by atoms with E-state index in [1.807, 2.05) is 6.92 Å².